The number of fused-ring (bicyclic) bond motifs is 1. The van der Waals surface area contributed by atoms with Gasteiger partial charge in [-0.05, 0) is 19.1 Å². The summed E-state index contributed by atoms with van der Waals surface area (Å²) in [6, 6.07) is 8.54. The molecule has 7 heteroatoms. The van der Waals surface area contributed by atoms with Crippen LogP contribution in [0.15, 0.2) is 48.9 Å². The van der Waals surface area contributed by atoms with Crippen LogP contribution in [0.1, 0.15) is 12.5 Å². The highest BCUT2D eigenvalue weighted by Gasteiger charge is 2.51. The van der Waals surface area contributed by atoms with Gasteiger partial charge in [-0.15, -0.1) is 0 Å². The van der Waals surface area contributed by atoms with Crippen molar-refractivity contribution in [3.63, 3.8) is 0 Å². The van der Waals surface area contributed by atoms with Gasteiger partial charge in [0, 0.05) is 17.1 Å². The Morgan fingerprint density at radius 3 is 2.55 bits per heavy atom. The van der Waals surface area contributed by atoms with Crippen LogP contribution in [0.25, 0.3) is 16.6 Å². The number of rotatable bonds is 2. The molecule has 2 heterocycles. The van der Waals surface area contributed by atoms with Crippen molar-refractivity contribution >= 4 is 10.9 Å². The molecule has 0 bridgehead atoms. The number of hydrogen-bond acceptors (Lipinski definition) is 3. The smallest absolute Gasteiger partial charge is 0.376 e. The van der Waals surface area contributed by atoms with Gasteiger partial charge in [0.1, 0.15) is 0 Å². The molecule has 0 fully saturated rings. The Morgan fingerprint density at radius 1 is 1.09 bits per heavy atom. The van der Waals surface area contributed by atoms with Gasteiger partial charge in [0.25, 0.3) is 0 Å². The number of pyridine rings is 1. The third kappa shape index (κ3) is 2.23. The van der Waals surface area contributed by atoms with Crippen molar-refractivity contribution in [1.29, 1.82) is 0 Å². The average Bonchev–Trinajstić information content (AvgIpc) is 2.90. The van der Waals surface area contributed by atoms with Gasteiger partial charge < -0.3 is 5.11 Å². The van der Waals surface area contributed by atoms with Gasteiger partial charge in [0.05, 0.1) is 23.6 Å². The van der Waals surface area contributed by atoms with Gasteiger partial charge in [-0.3, -0.25) is 4.98 Å². The van der Waals surface area contributed by atoms with Crippen molar-refractivity contribution in [2.75, 3.05) is 0 Å². The van der Waals surface area contributed by atoms with Gasteiger partial charge in [0.15, 0.2) is 5.60 Å². The molecule has 114 valence electrons. The minimum atomic E-state index is -4.79. The Balaban J connectivity index is 2.13. The molecular weight excluding hydrogens is 295 g/mol. The highest BCUT2D eigenvalue weighted by Crippen LogP contribution is 2.38. The zero-order valence-corrected chi connectivity index (χ0v) is 11.5. The molecule has 0 saturated carbocycles. The zero-order chi connectivity index (χ0) is 16.0. The molecule has 3 aromatic rings. The number of para-hydroxylation sites is 1. The lowest BCUT2D eigenvalue weighted by atomic mass is 9.97. The standard InChI is InChI=1S/C15H12F3N3O/c1-14(22,15(16,17)18)11-6-12(9-19-8-11)21-13-5-3-2-4-10(13)7-20-21/h2-9,22H,1H3. The third-order valence-corrected chi connectivity index (χ3v) is 3.56. The number of benzene rings is 1. The molecule has 0 saturated heterocycles. The Bertz CT molecular complexity index is 824. The maximum Gasteiger partial charge on any atom is 0.421 e. The van der Waals surface area contributed by atoms with Crippen LogP contribution in [-0.4, -0.2) is 26.0 Å². The number of aromatic nitrogens is 3. The van der Waals surface area contributed by atoms with E-state index in [1.165, 1.54) is 16.9 Å². The molecule has 22 heavy (non-hydrogen) atoms. The normalized spacial score (nSPS) is 15.0. The van der Waals surface area contributed by atoms with Crippen molar-refractivity contribution in [1.82, 2.24) is 14.8 Å². The number of hydrogen-bond donors (Lipinski definition) is 1. The predicted molar refractivity (Wildman–Crippen MR) is 74.5 cm³/mol. The fraction of sp³-hybridized carbons (Fsp3) is 0.200. The second kappa shape index (κ2) is 4.81. The summed E-state index contributed by atoms with van der Waals surface area (Å²) >= 11 is 0. The van der Waals surface area contributed by atoms with Gasteiger partial charge in [-0.2, -0.15) is 18.3 Å². The van der Waals surface area contributed by atoms with E-state index in [1.54, 1.807) is 12.3 Å². The van der Waals surface area contributed by atoms with Crippen LogP contribution in [-0.2, 0) is 5.60 Å². The number of nitrogens with zero attached hydrogens (tertiary/aromatic N) is 3. The zero-order valence-electron chi connectivity index (χ0n) is 11.5. The molecule has 0 aliphatic carbocycles. The second-order valence-electron chi connectivity index (χ2n) is 5.12. The average molecular weight is 307 g/mol. The molecule has 1 unspecified atom stereocenters. The van der Waals surface area contributed by atoms with Crippen LogP contribution in [0.5, 0.6) is 0 Å². The largest absolute Gasteiger partial charge is 0.421 e. The molecule has 3 rings (SSSR count). The summed E-state index contributed by atoms with van der Waals surface area (Å²) in [5, 5.41) is 14.8. The topological polar surface area (TPSA) is 50.9 Å². The molecule has 0 spiro atoms. The lowest BCUT2D eigenvalue weighted by molar-refractivity contribution is -0.259. The van der Waals surface area contributed by atoms with E-state index in [0.717, 1.165) is 17.1 Å². The minimum absolute atomic E-state index is 0.336. The molecule has 0 radical (unpaired) electrons. The molecule has 0 amide bonds. The summed E-state index contributed by atoms with van der Waals surface area (Å²) in [6.45, 7) is 0.703. The van der Waals surface area contributed by atoms with E-state index in [1.807, 2.05) is 18.2 Å². The van der Waals surface area contributed by atoms with Gasteiger partial charge in [-0.25, -0.2) is 4.68 Å². The minimum Gasteiger partial charge on any atom is -0.376 e. The highest BCUT2D eigenvalue weighted by molar-refractivity contribution is 5.80. The van der Waals surface area contributed by atoms with Crippen LogP contribution in [0.4, 0.5) is 13.2 Å². The molecule has 1 atom stereocenters. The van der Waals surface area contributed by atoms with E-state index in [0.29, 0.717) is 12.6 Å². The fourth-order valence-corrected chi connectivity index (χ4v) is 2.15. The van der Waals surface area contributed by atoms with Crippen molar-refractivity contribution in [3.05, 3.63) is 54.5 Å². The van der Waals surface area contributed by atoms with Crippen molar-refractivity contribution < 1.29 is 18.3 Å². The van der Waals surface area contributed by atoms with Crippen LogP contribution in [0.2, 0.25) is 0 Å². The molecule has 1 aromatic carbocycles. The Kier molecular flexibility index (Phi) is 3.17. The first kappa shape index (κ1) is 14.5. The van der Waals surface area contributed by atoms with Gasteiger partial charge >= 0.3 is 6.18 Å². The quantitative estimate of drug-likeness (QED) is 0.791. The van der Waals surface area contributed by atoms with Crippen LogP contribution in [0, 0.1) is 0 Å². The van der Waals surface area contributed by atoms with E-state index in [2.05, 4.69) is 10.1 Å². The monoisotopic (exact) mass is 307 g/mol. The molecule has 1 N–H and O–H groups in total. The summed E-state index contributed by atoms with van der Waals surface area (Å²) in [5.74, 6) is 0. The van der Waals surface area contributed by atoms with Gasteiger partial charge in [0.2, 0.25) is 0 Å². The van der Waals surface area contributed by atoms with Crippen LogP contribution < -0.4 is 0 Å². The number of alkyl halides is 3. The van der Waals surface area contributed by atoms with E-state index in [9.17, 15) is 18.3 Å². The van der Waals surface area contributed by atoms with E-state index < -0.39 is 11.8 Å². The highest BCUT2D eigenvalue weighted by atomic mass is 19.4. The van der Waals surface area contributed by atoms with Crippen molar-refractivity contribution in [2.24, 2.45) is 0 Å². The van der Waals surface area contributed by atoms with Crippen LogP contribution >= 0.6 is 0 Å². The SMILES string of the molecule is CC(O)(c1cncc(-n2ncc3ccccc32)c1)C(F)(F)F. The van der Waals surface area contributed by atoms with Crippen molar-refractivity contribution in [3.8, 4) is 5.69 Å². The second-order valence-corrected chi connectivity index (χ2v) is 5.12. The van der Waals surface area contributed by atoms with E-state index in [-0.39, 0.29) is 5.56 Å². The Morgan fingerprint density at radius 2 is 1.82 bits per heavy atom. The summed E-state index contributed by atoms with van der Waals surface area (Å²) in [7, 11) is 0. The van der Waals surface area contributed by atoms with Crippen molar-refractivity contribution in [2.45, 2.75) is 18.7 Å². The first-order valence-corrected chi connectivity index (χ1v) is 6.48. The number of aliphatic hydroxyl groups is 1. The lowest BCUT2D eigenvalue weighted by Gasteiger charge is -2.26. The molecule has 0 aliphatic heterocycles. The Labute approximate surface area is 123 Å². The summed E-state index contributed by atoms with van der Waals surface area (Å²) in [4.78, 5) is 3.81. The summed E-state index contributed by atoms with van der Waals surface area (Å²) < 4.78 is 40.3. The molecule has 0 aliphatic rings. The van der Waals surface area contributed by atoms with E-state index in [4.69, 9.17) is 0 Å². The van der Waals surface area contributed by atoms with Crippen LogP contribution in [0.3, 0.4) is 0 Å². The molecule has 4 nitrogen and oxygen atoms in total. The Hall–Kier alpha value is -2.41. The maximum absolute atomic E-state index is 12.9. The maximum atomic E-state index is 12.9. The lowest BCUT2D eigenvalue weighted by Crippen LogP contribution is -2.39. The fourth-order valence-electron chi connectivity index (χ4n) is 2.15. The molecular formula is C15H12F3N3O. The summed E-state index contributed by atoms with van der Waals surface area (Å²) in [5.41, 5.74) is -2.22. The first-order valence-electron chi connectivity index (χ1n) is 6.48. The first-order chi connectivity index (χ1) is 10.3. The molecule has 2 aromatic heterocycles. The van der Waals surface area contributed by atoms with Gasteiger partial charge in [-0.1, -0.05) is 18.2 Å². The predicted octanol–water partition coefficient (Wildman–Crippen LogP) is 3.19. The summed E-state index contributed by atoms with van der Waals surface area (Å²) in [6.07, 6.45) is -0.776. The third-order valence-electron chi connectivity index (χ3n) is 3.56. The number of halogens is 3. The van der Waals surface area contributed by atoms with E-state index >= 15 is 0 Å².